The summed E-state index contributed by atoms with van der Waals surface area (Å²) >= 11 is 0. The van der Waals surface area contributed by atoms with Gasteiger partial charge in [0.25, 0.3) is 0 Å². The Hall–Kier alpha value is -2.31. The highest BCUT2D eigenvalue weighted by atomic mass is 19.1. The van der Waals surface area contributed by atoms with Gasteiger partial charge in [-0.1, -0.05) is 13.8 Å². The highest BCUT2D eigenvalue weighted by molar-refractivity contribution is 5.80. The first-order valence-corrected chi connectivity index (χ1v) is 10.6. The zero-order chi connectivity index (χ0) is 21.2. The zero-order valence-electron chi connectivity index (χ0n) is 18.1. The minimum atomic E-state index is -0.277. The number of hydrogen-bond donors (Lipinski definition) is 2. The Labute approximate surface area is 173 Å². The molecule has 1 unspecified atom stereocenters. The van der Waals surface area contributed by atoms with Crippen molar-refractivity contribution in [1.29, 1.82) is 0 Å². The average molecular weight is 407 g/mol. The molecule has 0 aliphatic carbocycles. The van der Waals surface area contributed by atoms with Crippen LogP contribution >= 0.6 is 0 Å². The topological polar surface area (TPSA) is 66.0 Å². The fourth-order valence-corrected chi connectivity index (χ4v) is 3.56. The van der Waals surface area contributed by atoms with Crippen LogP contribution in [0.3, 0.4) is 0 Å². The van der Waals surface area contributed by atoms with E-state index in [-0.39, 0.29) is 17.8 Å². The number of halogens is 1. The van der Waals surface area contributed by atoms with E-state index in [2.05, 4.69) is 29.5 Å². The van der Waals surface area contributed by atoms with Crippen LogP contribution in [0, 0.1) is 11.7 Å². The maximum absolute atomic E-state index is 13.0. The van der Waals surface area contributed by atoms with E-state index in [1.807, 2.05) is 11.8 Å². The van der Waals surface area contributed by atoms with Crippen LogP contribution in [0.2, 0.25) is 0 Å². The smallest absolute Gasteiger partial charge is 0.225 e. The number of carbonyl (C=O) groups excluding carboxylic acids is 1. The van der Waals surface area contributed by atoms with Crippen LogP contribution in [0.5, 0.6) is 5.75 Å². The lowest BCUT2D eigenvalue weighted by Crippen LogP contribution is -2.51. The third-order valence-corrected chi connectivity index (χ3v) is 5.41. The van der Waals surface area contributed by atoms with Crippen LogP contribution in [0.15, 0.2) is 29.3 Å². The number of ether oxygens (including phenoxy) is 1. The second-order valence-corrected chi connectivity index (χ2v) is 7.59. The molecule has 1 saturated heterocycles. The standard InChI is InChI=1S/C22H35FN4O2/c1-5-17(6-2)21(28)27-13-11-19(12-14-27)26-22(24-4)25-15-16(3)29-20-9-7-18(23)8-10-20/h7-10,16-17,19H,5-6,11-15H2,1-4H3,(H2,24,25,26). The van der Waals surface area contributed by atoms with Gasteiger partial charge < -0.3 is 20.3 Å². The summed E-state index contributed by atoms with van der Waals surface area (Å²) in [6.45, 7) is 8.25. The summed E-state index contributed by atoms with van der Waals surface area (Å²) in [5.41, 5.74) is 0. The van der Waals surface area contributed by atoms with Crippen LogP contribution in [0.1, 0.15) is 46.5 Å². The molecule has 2 N–H and O–H groups in total. The van der Waals surface area contributed by atoms with Gasteiger partial charge in [0.2, 0.25) is 5.91 Å². The van der Waals surface area contributed by atoms with Gasteiger partial charge in [0.05, 0.1) is 6.54 Å². The predicted octanol–water partition coefficient (Wildman–Crippen LogP) is 3.19. The molecule has 1 heterocycles. The van der Waals surface area contributed by atoms with Crippen molar-refractivity contribution < 1.29 is 13.9 Å². The maximum atomic E-state index is 13.0. The van der Waals surface area contributed by atoms with Gasteiger partial charge >= 0.3 is 0 Å². The van der Waals surface area contributed by atoms with Crippen molar-refractivity contribution in [2.75, 3.05) is 26.7 Å². The summed E-state index contributed by atoms with van der Waals surface area (Å²) in [6.07, 6.45) is 3.53. The van der Waals surface area contributed by atoms with Gasteiger partial charge in [-0.3, -0.25) is 9.79 Å². The number of benzene rings is 1. The number of nitrogens with zero attached hydrogens (tertiary/aromatic N) is 2. The highest BCUT2D eigenvalue weighted by Crippen LogP contribution is 2.17. The van der Waals surface area contributed by atoms with E-state index in [0.29, 0.717) is 24.2 Å². The van der Waals surface area contributed by atoms with Gasteiger partial charge in [0, 0.05) is 32.1 Å². The largest absolute Gasteiger partial charge is 0.489 e. The Bertz CT molecular complexity index is 653. The van der Waals surface area contributed by atoms with E-state index in [1.54, 1.807) is 19.2 Å². The normalized spacial score (nSPS) is 16.6. The number of nitrogens with one attached hydrogen (secondary N) is 2. The molecule has 1 aliphatic rings. The quantitative estimate of drug-likeness (QED) is 0.514. The number of rotatable bonds is 8. The highest BCUT2D eigenvalue weighted by Gasteiger charge is 2.26. The minimum Gasteiger partial charge on any atom is -0.489 e. The molecular formula is C22H35FN4O2. The van der Waals surface area contributed by atoms with Crippen LogP contribution in [0.25, 0.3) is 0 Å². The first kappa shape index (κ1) is 23.0. The Morgan fingerprint density at radius 2 is 1.86 bits per heavy atom. The lowest BCUT2D eigenvalue weighted by molar-refractivity contribution is -0.136. The van der Waals surface area contributed by atoms with Gasteiger partial charge in [0.15, 0.2) is 5.96 Å². The number of hydrogen-bond acceptors (Lipinski definition) is 3. The van der Waals surface area contributed by atoms with Crippen molar-refractivity contribution in [3.8, 4) is 5.75 Å². The molecule has 29 heavy (non-hydrogen) atoms. The number of amides is 1. The van der Waals surface area contributed by atoms with Gasteiger partial charge in [-0.25, -0.2) is 4.39 Å². The van der Waals surface area contributed by atoms with Crippen molar-refractivity contribution in [2.24, 2.45) is 10.9 Å². The molecule has 0 saturated carbocycles. The molecule has 1 atom stereocenters. The summed E-state index contributed by atoms with van der Waals surface area (Å²) < 4.78 is 18.8. The number of carbonyl (C=O) groups is 1. The van der Waals surface area contributed by atoms with Crippen molar-refractivity contribution in [2.45, 2.75) is 58.6 Å². The molecule has 1 amide bonds. The minimum absolute atomic E-state index is 0.0986. The summed E-state index contributed by atoms with van der Waals surface area (Å²) in [7, 11) is 1.74. The Kier molecular flexibility index (Phi) is 9.22. The molecule has 1 aliphatic heterocycles. The van der Waals surface area contributed by atoms with E-state index in [0.717, 1.165) is 44.7 Å². The summed E-state index contributed by atoms with van der Waals surface area (Å²) in [5, 5.41) is 6.72. The molecule has 0 aromatic heterocycles. The van der Waals surface area contributed by atoms with Gasteiger partial charge in [-0.05, 0) is 56.9 Å². The SMILES string of the molecule is CCC(CC)C(=O)N1CCC(NC(=NC)NCC(C)Oc2ccc(F)cc2)CC1. The second kappa shape index (κ2) is 11.6. The Morgan fingerprint density at radius 3 is 2.41 bits per heavy atom. The fraction of sp³-hybridized carbons (Fsp3) is 0.636. The molecule has 0 bridgehead atoms. The first-order valence-electron chi connectivity index (χ1n) is 10.6. The van der Waals surface area contributed by atoms with Gasteiger partial charge in [0.1, 0.15) is 17.7 Å². The van der Waals surface area contributed by atoms with E-state index in [4.69, 9.17) is 4.74 Å². The third kappa shape index (κ3) is 7.22. The molecule has 2 rings (SSSR count). The lowest BCUT2D eigenvalue weighted by atomic mass is 9.98. The average Bonchev–Trinajstić information content (AvgIpc) is 2.74. The monoisotopic (exact) mass is 406 g/mol. The molecule has 1 aromatic carbocycles. The summed E-state index contributed by atoms with van der Waals surface area (Å²) in [6, 6.07) is 6.30. The molecule has 1 aromatic rings. The number of piperidine rings is 1. The molecule has 7 heteroatoms. The molecular weight excluding hydrogens is 371 g/mol. The molecule has 1 fully saturated rings. The van der Waals surface area contributed by atoms with Crippen LogP contribution in [0.4, 0.5) is 4.39 Å². The van der Waals surface area contributed by atoms with Crippen molar-refractivity contribution in [1.82, 2.24) is 15.5 Å². The molecule has 0 radical (unpaired) electrons. The van der Waals surface area contributed by atoms with Crippen molar-refractivity contribution in [3.63, 3.8) is 0 Å². The maximum Gasteiger partial charge on any atom is 0.225 e. The number of likely N-dealkylation sites (tertiary alicyclic amines) is 1. The third-order valence-electron chi connectivity index (χ3n) is 5.41. The first-order chi connectivity index (χ1) is 14.0. The van der Waals surface area contributed by atoms with E-state index < -0.39 is 0 Å². The zero-order valence-corrected chi connectivity index (χ0v) is 18.1. The van der Waals surface area contributed by atoms with Gasteiger partial charge in [-0.15, -0.1) is 0 Å². The van der Waals surface area contributed by atoms with E-state index in [1.165, 1.54) is 12.1 Å². The van der Waals surface area contributed by atoms with Crippen LogP contribution in [-0.4, -0.2) is 55.6 Å². The van der Waals surface area contributed by atoms with Crippen LogP contribution in [-0.2, 0) is 4.79 Å². The fourth-order valence-electron chi connectivity index (χ4n) is 3.56. The Morgan fingerprint density at radius 1 is 1.24 bits per heavy atom. The van der Waals surface area contributed by atoms with Crippen molar-refractivity contribution in [3.05, 3.63) is 30.1 Å². The lowest BCUT2D eigenvalue weighted by Gasteiger charge is -2.35. The predicted molar refractivity (Wildman–Crippen MR) is 115 cm³/mol. The number of aliphatic imine (C=N–C) groups is 1. The second-order valence-electron chi connectivity index (χ2n) is 7.59. The number of guanidine groups is 1. The van der Waals surface area contributed by atoms with Gasteiger partial charge in [-0.2, -0.15) is 0 Å². The van der Waals surface area contributed by atoms with E-state index in [9.17, 15) is 9.18 Å². The molecule has 0 spiro atoms. The summed E-state index contributed by atoms with van der Waals surface area (Å²) in [4.78, 5) is 18.8. The summed E-state index contributed by atoms with van der Waals surface area (Å²) in [5.74, 6) is 1.53. The molecule has 162 valence electrons. The van der Waals surface area contributed by atoms with E-state index >= 15 is 0 Å². The van der Waals surface area contributed by atoms with Crippen LogP contribution < -0.4 is 15.4 Å². The van der Waals surface area contributed by atoms with Crippen molar-refractivity contribution >= 4 is 11.9 Å². The molecule has 6 nitrogen and oxygen atoms in total. The Balaban J connectivity index is 1.73.